The van der Waals surface area contributed by atoms with E-state index >= 15 is 0 Å². The second kappa shape index (κ2) is 8.66. The van der Waals surface area contributed by atoms with Crippen molar-refractivity contribution < 1.29 is 4.79 Å². The van der Waals surface area contributed by atoms with Crippen LogP contribution in [0.1, 0.15) is 12.0 Å². The van der Waals surface area contributed by atoms with E-state index in [4.69, 9.17) is 23.2 Å². The summed E-state index contributed by atoms with van der Waals surface area (Å²) in [7, 11) is 0. The van der Waals surface area contributed by atoms with Crippen molar-refractivity contribution in [1.29, 1.82) is 0 Å². The first-order chi connectivity index (χ1) is 10.7. The lowest BCUT2D eigenvalue weighted by molar-refractivity contribution is -0.120. The van der Waals surface area contributed by atoms with Gasteiger partial charge in [0.1, 0.15) is 0 Å². The number of benzene rings is 2. The summed E-state index contributed by atoms with van der Waals surface area (Å²) in [5.74, 6) is -0.0743. The van der Waals surface area contributed by atoms with E-state index in [9.17, 15) is 4.79 Å². The lowest BCUT2D eigenvalue weighted by Gasteiger charge is -2.09. The quantitative estimate of drug-likeness (QED) is 0.745. The van der Waals surface area contributed by atoms with Gasteiger partial charge in [-0.2, -0.15) is 0 Å². The van der Waals surface area contributed by atoms with E-state index in [0.29, 0.717) is 22.2 Å². The van der Waals surface area contributed by atoms with Crippen molar-refractivity contribution in [3.8, 4) is 0 Å². The zero-order chi connectivity index (χ0) is 15.8. The van der Waals surface area contributed by atoms with Crippen molar-refractivity contribution in [2.45, 2.75) is 12.8 Å². The lowest BCUT2D eigenvalue weighted by atomic mass is 10.1. The Kier molecular flexibility index (Phi) is 6.56. The van der Waals surface area contributed by atoms with Crippen LogP contribution in [0.5, 0.6) is 0 Å². The molecule has 3 nitrogen and oxygen atoms in total. The third-order valence-electron chi connectivity index (χ3n) is 3.18. The summed E-state index contributed by atoms with van der Waals surface area (Å²) >= 11 is 12.1. The van der Waals surface area contributed by atoms with Crippen molar-refractivity contribution in [3.63, 3.8) is 0 Å². The average Bonchev–Trinajstić information content (AvgIpc) is 2.52. The standard InChI is InChI=1S/C17H18Cl2N2O/c18-15-8-4-9-16(19)14(15)12-17(22)21-11-5-10-20-13-6-2-1-3-7-13/h1-4,6-9,20H,5,10-12H2,(H,21,22). The van der Waals surface area contributed by atoms with Gasteiger partial charge in [-0.25, -0.2) is 0 Å². The van der Waals surface area contributed by atoms with Crippen molar-refractivity contribution in [2.75, 3.05) is 18.4 Å². The maximum atomic E-state index is 11.9. The highest BCUT2D eigenvalue weighted by Crippen LogP contribution is 2.24. The molecule has 0 aromatic heterocycles. The minimum Gasteiger partial charge on any atom is -0.385 e. The first-order valence-corrected chi connectivity index (χ1v) is 7.91. The van der Waals surface area contributed by atoms with Crippen LogP contribution in [0.4, 0.5) is 5.69 Å². The SMILES string of the molecule is O=C(Cc1c(Cl)cccc1Cl)NCCCNc1ccccc1. The minimum absolute atomic E-state index is 0.0743. The van der Waals surface area contributed by atoms with E-state index in [1.165, 1.54) is 0 Å². The van der Waals surface area contributed by atoms with Gasteiger partial charge in [0.2, 0.25) is 5.91 Å². The first kappa shape index (κ1) is 16.7. The number of hydrogen-bond donors (Lipinski definition) is 2. The molecule has 0 radical (unpaired) electrons. The summed E-state index contributed by atoms with van der Waals surface area (Å²) in [5.41, 5.74) is 1.75. The number of hydrogen-bond acceptors (Lipinski definition) is 2. The molecule has 0 fully saturated rings. The Labute approximate surface area is 140 Å². The van der Waals surface area contributed by atoms with Crippen molar-refractivity contribution in [3.05, 3.63) is 64.1 Å². The average molecular weight is 337 g/mol. The molecule has 0 aliphatic rings. The second-order valence-corrected chi connectivity index (χ2v) is 5.69. The summed E-state index contributed by atoms with van der Waals surface area (Å²) in [4.78, 5) is 11.9. The molecule has 2 aromatic rings. The fraction of sp³-hybridized carbons (Fsp3) is 0.235. The van der Waals surface area contributed by atoms with E-state index in [1.54, 1.807) is 18.2 Å². The van der Waals surface area contributed by atoms with Gasteiger partial charge in [-0.05, 0) is 36.2 Å². The van der Waals surface area contributed by atoms with Gasteiger partial charge in [0, 0.05) is 28.8 Å². The van der Waals surface area contributed by atoms with Crippen molar-refractivity contribution >= 4 is 34.8 Å². The van der Waals surface area contributed by atoms with Gasteiger partial charge >= 0.3 is 0 Å². The Morgan fingerprint density at radius 3 is 2.27 bits per heavy atom. The van der Waals surface area contributed by atoms with Crippen LogP contribution in [0.25, 0.3) is 0 Å². The predicted octanol–water partition coefficient (Wildman–Crippen LogP) is 4.15. The zero-order valence-electron chi connectivity index (χ0n) is 12.1. The van der Waals surface area contributed by atoms with Gasteiger partial charge in [0.25, 0.3) is 0 Å². The summed E-state index contributed by atoms with van der Waals surface area (Å²) in [6, 6.07) is 15.2. The molecule has 0 heterocycles. The third-order valence-corrected chi connectivity index (χ3v) is 3.89. The van der Waals surface area contributed by atoms with Crippen LogP contribution in [0.15, 0.2) is 48.5 Å². The zero-order valence-corrected chi connectivity index (χ0v) is 13.6. The highest BCUT2D eigenvalue weighted by Gasteiger charge is 2.10. The Hall–Kier alpha value is -1.71. The normalized spacial score (nSPS) is 10.3. The number of carbonyl (C=O) groups is 1. The van der Waals surface area contributed by atoms with Crippen LogP contribution >= 0.6 is 23.2 Å². The van der Waals surface area contributed by atoms with E-state index in [1.807, 2.05) is 30.3 Å². The number of para-hydroxylation sites is 1. The highest BCUT2D eigenvalue weighted by molar-refractivity contribution is 6.36. The van der Waals surface area contributed by atoms with Crippen LogP contribution in [-0.4, -0.2) is 19.0 Å². The smallest absolute Gasteiger partial charge is 0.224 e. The molecule has 116 valence electrons. The van der Waals surface area contributed by atoms with Gasteiger partial charge in [-0.3, -0.25) is 4.79 Å². The lowest BCUT2D eigenvalue weighted by Crippen LogP contribution is -2.27. The summed E-state index contributed by atoms with van der Waals surface area (Å²) in [6.07, 6.45) is 1.04. The van der Waals surface area contributed by atoms with Crippen molar-refractivity contribution in [1.82, 2.24) is 5.32 Å². The molecule has 5 heteroatoms. The van der Waals surface area contributed by atoms with E-state index in [0.717, 1.165) is 18.7 Å². The maximum absolute atomic E-state index is 11.9. The van der Waals surface area contributed by atoms with Crippen molar-refractivity contribution in [2.24, 2.45) is 0 Å². The molecule has 2 rings (SSSR count). The molecule has 0 atom stereocenters. The van der Waals surface area contributed by atoms with Crippen LogP contribution in [0, 0.1) is 0 Å². The minimum atomic E-state index is -0.0743. The fourth-order valence-corrected chi connectivity index (χ4v) is 2.56. The Bertz CT molecular complexity index is 597. The molecule has 0 aliphatic heterocycles. The molecule has 22 heavy (non-hydrogen) atoms. The predicted molar refractivity (Wildman–Crippen MR) is 92.7 cm³/mol. The Morgan fingerprint density at radius 1 is 0.909 bits per heavy atom. The molecule has 0 unspecified atom stereocenters. The molecule has 2 aromatic carbocycles. The number of anilines is 1. The number of halogens is 2. The number of carbonyl (C=O) groups excluding carboxylic acids is 1. The molecule has 1 amide bonds. The summed E-state index contributed by atoms with van der Waals surface area (Å²) < 4.78 is 0. The molecular weight excluding hydrogens is 319 g/mol. The van der Waals surface area contributed by atoms with Crippen LogP contribution in [0.2, 0.25) is 10.0 Å². The molecule has 2 N–H and O–H groups in total. The summed E-state index contributed by atoms with van der Waals surface area (Å²) in [5, 5.41) is 7.21. The number of rotatable bonds is 7. The fourth-order valence-electron chi connectivity index (χ4n) is 2.03. The molecule has 0 saturated heterocycles. The number of amides is 1. The Morgan fingerprint density at radius 2 is 1.59 bits per heavy atom. The molecule has 0 saturated carbocycles. The molecular formula is C17H18Cl2N2O. The largest absolute Gasteiger partial charge is 0.385 e. The van der Waals surface area contributed by atoms with E-state index in [-0.39, 0.29) is 12.3 Å². The van der Waals surface area contributed by atoms with E-state index in [2.05, 4.69) is 10.6 Å². The van der Waals surface area contributed by atoms with Crippen LogP contribution < -0.4 is 10.6 Å². The Balaban J connectivity index is 1.68. The maximum Gasteiger partial charge on any atom is 0.224 e. The second-order valence-electron chi connectivity index (χ2n) is 4.87. The third kappa shape index (κ3) is 5.24. The molecule has 0 aliphatic carbocycles. The summed E-state index contributed by atoms with van der Waals surface area (Å²) in [6.45, 7) is 1.41. The molecule has 0 bridgehead atoms. The number of nitrogens with one attached hydrogen (secondary N) is 2. The van der Waals surface area contributed by atoms with Gasteiger partial charge in [-0.15, -0.1) is 0 Å². The topological polar surface area (TPSA) is 41.1 Å². The van der Waals surface area contributed by atoms with Crippen LogP contribution in [0.3, 0.4) is 0 Å². The van der Waals surface area contributed by atoms with Gasteiger partial charge in [-0.1, -0.05) is 47.5 Å². The first-order valence-electron chi connectivity index (χ1n) is 7.15. The van der Waals surface area contributed by atoms with Gasteiger partial charge in [0.15, 0.2) is 0 Å². The monoisotopic (exact) mass is 336 g/mol. The van der Waals surface area contributed by atoms with E-state index < -0.39 is 0 Å². The highest BCUT2D eigenvalue weighted by atomic mass is 35.5. The van der Waals surface area contributed by atoms with Crippen LogP contribution in [-0.2, 0) is 11.2 Å². The van der Waals surface area contributed by atoms with Gasteiger partial charge < -0.3 is 10.6 Å². The van der Waals surface area contributed by atoms with Gasteiger partial charge in [0.05, 0.1) is 6.42 Å². The molecule has 0 spiro atoms.